The number of aromatic nitrogens is 4. The number of thioether (sulfide) groups is 2. The number of benzene rings is 1. The molecule has 0 saturated carbocycles. The van der Waals surface area contributed by atoms with Gasteiger partial charge in [-0.1, -0.05) is 23.9 Å². The van der Waals surface area contributed by atoms with Crippen LogP contribution in [-0.4, -0.2) is 25.8 Å². The Morgan fingerprint density at radius 1 is 1.10 bits per heavy atom. The second-order valence-corrected chi connectivity index (χ2v) is 6.62. The lowest BCUT2D eigenvalue weighted by Crippen LogP contribution is -1.97. The van der Waals surface area contributed by atoms with Crippen LogP contribution in [0.25, 0.3) is 5.78 Å². The molecule has 0 aliphatic rings. The van der Waals surface area contributed by atoms with Crippen LogP contribution in [-0.2, 0) is 5.75 Å². The number of fused-ring (bicyclic) bond motifs is 1. The van der Waals surface area contributed by atoms with Crippen molar-refractivity contribution in [2.75, 3.05) is 6.26 Å². The molecule has 0 amide bonds. The Hall–Kier alpha value is -1.53. The Labute approximate surface area is 132 Å². The van der Waals surface area contributed by atoms with Crippen molar-refractivity contribution in [3.8, 4) is 0 Å². The van der Waals surface area contributed by atoms with Gasteiger partial charge in [0.1, 0.15) is 0 Å². The van der Waals surface area contributed by atoms with E-state index < -0.39 is 0 Å². The van der Waals surface area contributed by atoms with Crippen LogP contribution in [0.1, 0.15) is 17.0 Å². The van der Waals surface area contributed by atoms with Gasteiger partial charge in [-0.05, 0) is 43.9 Å². The molecule has 3 rings (SSSR count). The molecular weight excluding hydrogens is 300 g/mol. The molecule has 21 heavy (non-hydrogen) atoms. The van der Waals surface area contributed by atoms with Crippen molar-refractivity contribution >= 4 is 29.3 Å². The van der Waals surface area contributed by atoms with Gasteiger partial charge in [0.15, 0.2) is 5.16 Å². The lowest BCUT2D eigenvalue weighted by molar-refractivity contribution is 0.886. The van der Waals surface area contributed by atoms with E-state index in [2.05, 4.69) is 52.6 Å². The summed E-state index contributed by atoms with van der Waals surface area (Å²) in [6.07, 6.45) is 2.09. The van der Waals surface area contributed by atoms with Crippen molar-refractivity contribution in [3.63, 3.8) is 0 Å². The molecule has 2 heterocycles. The van der Waals surface area contributed by atoms with Gasteiger partial charge in [-0.2, -0.15) is 0 Å². The summed E-state index contributed by atoms with van der Waals surface area (Å²) < 4.78 is 2.01. The lowest BCUT2D eigenvalue weighted by atomic mass is 10.2. The van der Waals surface area contributed by atoms with Crippen LogP contribution in [0.2, 0.25) is 0 Å². The van der Waals surface area contributed by atoms with E-state index in [9.17, 15) is 0 Å². The zero-order valence-electron chi connectivity index (χ0n) is 12.2. The Kier molecular flexibility index (Phi) is 4.17. The lowest BCUT2D eigenvalue weighted by Gasteiger charge is -2.04. The van der Waals surface area contributed by atoms with Gasteiger partial charge in [-0.15, -0.1) is 22.0 Å². The van der Waals surface area contributed by atoms with Crippen molar-refractivity contribution < 1.29 is 0 Å². The van der Waals surface area contributed by atoms with E-state index in [-0.39, 0.29) is 0 Å². The fourth-order valence-electron chi connectivity index (χ4n) is 2.16. The van der Waals surface area contributed by atoms with Gasteiger partial charge in [0.2, 0.25) is 0 Å². The molecule has 2 aromatic heterocycles. The van der Waals surface area contributed by atoms with Crippen LogP contribution in [0, 0.1) is 13.8 Å². The van der Waals surface area contributed by atoms with Crippen LogP contribution in [0.15, 0.2) is 40.4 Å². The maximum atomic E-state index is 4.41. The van der Waals surface area contributed by atoms with Crippen molar-refractivity contribution in [2.24, 2.45) is 0 Å². The molecule has 108 valence electrons. The van der Waals surface area contributed by atoms with E-state index in [1.165, 1.54) is 10.5 Å². The monoisotopic (exact) mass is 316 g/mol. The Balaban J connectivity index is 1.81. The van der Waals surface area contributed by atoms with Crippen LogP contribution in [0.3, 0.4) is 0 Å². The first-order valence-electron chi connectivity index (χ1n) is 6.62. The average molecular weight is 316 g/mol. The molecule has 0 fully saturated rings. The SMILES string of the molecule is CSc1ccc(CSc2nnc3nc(C)cc(C)n23)cc1. The van der Waals surface area contributed by atoms with Crippen molar-refractivity contribution in [1.82, 2.24) is 19.6 Å². The molecule has 0 aliphatic carbocycles. The van der Waals surface area contributed by atoms with Crippen LogP contribution in [0.4, 0.5) is 0 Å². The van der Waals surface area contributed by atoms with E-state index in [0.29, 0.717) is 5.78 Å². The summed E-state index contributed by atoms with van der Waals surface area (Å²) in [5, 5.41) is 9.31. The number of rotatable bonds is 4. The highest BCUT2D eigenvalue weighted by atomic mass is 32.2. The van der Waals surface area contributed by atoms with E-state index in [4.69, 9.17) is 0 Å². The summed E-state index contributed by atoms with van der Waals surface area (Å²) in [6.45, 7) is 4.03. The topological polar surface area (TPSA) is 43.1 Å². The van der Waals surface area contributed by atoms with Crippen molar-refractivity contribution in [3.05, 3.63) is 47.3 Å². The first kappa shape index (κ1) is 14.4. The van der Waals surface area contributed by atoms with E-state index in [1.54, 1.807) is 23.5 Å². The molecule has 0 radical (unpaired) electrons. The molecule has 3 aromatic rings. The fraction of sp³-hybridized carbons (Fsp3) is 0.267. The van der Waals surface area contributed by atoms with Gasteiger partial charge >= 0.3 is 0 Å². The first-order chi connectivity index (χ1) is 10.2. The maximum absolute atomic E-state index is 4.41. The van der Waals surface area contributed by atoms with Gasteiger partial charge < -0.3 is 0 Å². The maximum Gasteiger partial charge on any atom is 0.256 e. The summed E-state index contributed by atoms with van der Waals surface area (Å²) in [5.74, 6) is 1.55. The number of nitrogens with zero attached hydrogens (tertiary/aromatic N) is 4. The molecule has 0 atom stereocenters. The number of hydrogen-bond acceptors (Lipinski definition) is 5. The van der Waals surface area contributed by atoms with E-state index >= 15 is 0 Å². The molecule has 0 bridgehead atoms. The zero-order valence-corrected chi connectivity index (χ0v) is 13.8. The minimum Gasteiger partial charge on any atom is -0.259 e. The molecule has 0 aliphatic heterocycles. The largest absolute Gasteiger partial charge is 0.259 e. The quantitative estimate of drug-likeness (QED) is 0.686. The summed E-state index contributed by atoms with van der Waals surface area (Å²) in [4.78, 5) is 5.69. The van der Waals surface area contributed by atoms with Crippen LogP contribution < -0.4 is 0 Å². The minimum atomic E-state index is 0.674. The molecule has 0 N–H and O–H groups in total. The zero-order chi connectivity index (χ0) is 14.8. The third kappa shape index (κ3) is 3.06. The molecule has 0 saturated heterocycles. The Morgan fingerprint density at radius 2 is 1.86 bits per heavy atom. The van der Waals surface area contributed by atoms with E-state index in [1.807, 2.05) is 17.4 Å². The van der Waals surface area contributed by atoms with Gasteiger partial charge in [0.05, 0.1) is 0 Å². The molecule has 6 heteroatoms. The highest BCUT2D eigenvalue weighted by Crippen LogP contribution is 2.24. The van der Waals surface area contributed by atoms with Gasteiger partial charge in [0.25, 0.3) is 5.78 Å². The predicted molar refractivity (Wildman–Crippen MR) is 88.0 cm³/mol. The number of hydrogen-bond donors (Lipinski definition) is 0. The highest BCUT2D eigenvalue weighted by molar-refractivity contribution is 7.98. The summed E-state index contributed by atoms with van der Waals surface area (Å²) in [7, 11) is 0. The molecule has 1 aromatic carbocycles. The number of aryl methyl sites for hydroxylation is 2. The molecular formula is C15H16N4S2. The third-order valence-corrected chi connectivity index (χ3v) is 4.93. The molecule has 0 spiro atoms. The second-order valence-electron chi connectivity index (χ2n) is 4.79. The average Bonchev–Trinajstić information content (AvgIpc) is 2.89. The first-order valence-corrected chi connectivity index (χ1v) is 8.83. The summed E-state index contributed by atoms with van der Waals surface area (Å²) >= 11 is 3.44. The van der Waals surface area contributed by atoms with Crippen molar-refractivity contribution in [1.29, 1.82) is 0 Å². The van der Waals surface area contributed by atoms with Crippen molar-refractivity contribution in [2.45, 2.75) is 29.7 Å². The smallest absolute Gasteiger partial charge is 0.256 e. The van der Waals surface area contributed by atoms with Gasteiger partial charge in [-0.25, -0.2) is 4.98 Å². The standard InChI is InChI=1S/C15H16N4S2/c1-10-8-11(2)19-14(16-10)17-18-15(19)21-9-12-4-6-13(20-3)7-5-12/h4-8H,9H2,1-3H3. The Morgan fingerprint density at radius 3 is 2.57 bits per heavy atom. The van der Waals surface area contributed by atoms with Gasteiger partial charge in [-0.3, -0.25) is 4.40 Å². The molecule has 0 unspecified atom stereocenters. The second kappa shape index (κ2) is 6.07. The van der Waals surface area contributed by atoms with Crippen LogP contribution >= 0.6 is 23.5 Å². The highest BCUT2D eigenvalue weighted by Gasteiger charge is 2.10. The normalized spacial score (nSPS) is 11.2. The predicted octanol–water partition coefficient (Wildman–Crippen LogP) is 3.76. The third-order valence-electron chi connectivity index (χ3n) is 3.19. The summed E-state index contributed by atoms with van der Waals surface area (Å²) in [6, 6.07) is 10.7. The fourth-order valence-corrected chi connectivity index (χ4v) is 3.51. The Bertz CT molecular complexity index is 765. The van der Waals surface area contributed by atoms with E-state index in [0.717, 1.165) is 22.3 Å². The minimum absolute atomic E-state index is 0.674. The van der Waals surface area contributed by atoms with Gasteiger partial charge in [0, 0.05) is 22.0 Å². The molecule has 4 nitrogen and oxygen atoms in total. The summed E-state index contributed by atoms with van der Waals surface area (Å²) in [5.41, 5.74) is 3.37. The van der Waals surface area contributed by atoms with Crippen LogP contribution in [0.5, 0.6) is 0 Å².